The molecule has 1 unspecified atom stereocenters. The summed E-state index contributed by atoms with van der Waals surface area (Å²) in [5.41, 5.74) is 1.78. The molecule has 0 saturated heterocycles. The van der Waals surface area contributed by atoms with Gasteiger partial charge in [0.05, 0.1) is 18.7 Å². The summed E-state index contributed by atoms with van der Waals surface area (Å²) >= 11 is 6.34. The van der Waals surface area contributed by atoms with E-state index in [4.69, 9.17) is 11.6 Å². The second kappa shape index (κ2) is 10.6. The first kappa shape index (κ1) is 22.4. The van der Waals surface area contributed by atoms with Crippen LogP contribution in [0.25, 0.3) is 11.3 Å². The van der Waals surface area contributed by atoms with Crippen molar-refractivity contribution in [2.75, 3.05) is 17.7 Å². The Kier molecular flexibility index (Phi) is 8.21. The molecule has 0 bridgehead atoms. The highest BCUT2D eigenvalue weighted by atomic mass is 35.5. The molecule has 0 fully saturated rings. The number of hydrogen-bond donors (Lipinski definition) is 3. The molecule has 2 rings (SSSR count). The van der Waals surface area contributed by atoms with Crippen LogP contribution in [0.1, 0.15) is 44.9 Å². The molecule has 2 aromatic rings. The summed E-state index contributed by atoms with van der Waals surface area (Å²) in [5.74, 6) is 0.660. The number of rotatable bonds is 10. The molecule has 3 N–H and O–H groups in total. The maximum absolute atomic E-state index is 11.6. The van der Waals surface area contributed by atoms with Crippen LogP contribution in [0.3, 0.4) is 0 Å². The van der Waals surface area contributed by atoms with Crippen molar-refractivity contribution in [3.05, 3.63) is 29.2 Å². The van der Waals surface area contributed by atoms with E-state index in [0.29, 0.717) is 47.2 Å². The van der Waals surface area contributed by atoms with Crippen molar-refractivity contribution >= 4 is 41.8 Å². The van der Waals surface area contributed by atoms with Crippen LogP contribution in [0.2, 0.25) is 5.15 Å². The normalized spacial score (nSPS) is 11.8. The number of aromatic nitrogens is 2. The molecule has 0 saturated carbocycles. The highest BCUT2D eigenvalue weighted by Gasteiger charge is 2.20. The first-order chi connectivity index (χ1) is 13.9. The van der Waals surface area contributed by atoms with Crippen molar-refractivity contribution < 1.29 is 19.1 Å². The van der Waals surface area contributed by atoms with E-state index in [1.165, 1.54) is 7.11 Å². The van der Waals surface area contributed by atoms with Gasteiger partial charge in [-0.2, -0.15) is 0 Å². The number of aldehydes is 1. The van der Waals surface area contributed by atoms with E-state index in [2.05, 4.69) is 39.2 Å². The van der Waals surface area contributed by atoms with Gasteiger partial charge >= 0.3 is 6.09 Å². The predicted molar refractivity (Wildman–Crippen MR) is 112 cm³/mol. The van der Waals surface area contributed by atoms with Gasteiger partial charge < -0.3 is 19.8 Å². The van der Waals surface area contributed by atoms with Crippen molar-refractivity contribution in [3.63, 3.8) is 0 Å². The van der Waals surface area contributed by atoms with Crippen molar-refractivity contribution in [2.24, 2.45) is 5.92 Å². The van der Waals surface area contributed by atoms with Crippen LogP contribution < -0.4 is 10.6 Å². The summed E-state index contributed by atoms with van der Waals surface area (Å²) in [6.07, 6.45) is 3.35. The Balaban J connectivity index is 2.32. The number of benzene rings is 1. The maximum Gasteiger partial charge on any atom is 0.411 e. The fourth-order valence-corrected chi connectivity index (χ4v) is 3.16. The molecule has 1 heterocycles. The van der Waals surface area contributed by atoms with Gasteiger partial charge in [-0.15, -0.1) is 0 Å². The maximum atomic E-state index is 11.6. The number of anilines is 2. The number of amides is 2. The second-order valence-electron chi connectivity index (χ2n) is 6.99. The minimum absolute atomic E-state index is 0.262. The van der Waals surface area contributed by atoms with E-state index in [0.717, 1.165) is 19.1 Å². The molecule has 29 heavy (non-hydrogen) atoms. The Hall–Kier alpha value is -2.87. The second-order valence-corrected chi connectivity index (χ2v) is 7.37. The quantitative estimate of drug-likeness (QED) is 0.486. The van der Waals surface area contributed by atoms with Gasteiger partial charge in [0.1, 0.15) is 23.0 Å². The van der Waals surface area contributed by atoms with Crippen molar-refractivity contribution in [1.82, 2.24) is 9.97 Å². The molecule has 1 aromatic heterocycles. The average molecular weight is 421 g/mol. The van der Waals surface area contributed by atoms with Crippen molar-refractivity contribution in [2.45, 2.75) is 39.0 Å². The lowest BCUT2D eigenvalue weighted by atomic mass is 9.99. The summed E-state index contributed by atoms with van der Waals surface area (Å²) < 4.78 is 4.57. The smallest absolute Gasteiger partial charge is 0.411 e. The number of aromatic amines is 1. The van der Waals surface area contributed by atoms with E-state index in [1.807, 2.05) is 0 Å². The molecular formula is C20H25ClN4O4. The molecule has 0 spiro atoms. The third-order valence-corrected chi connectivity index (χ3v) is 4.68. The predicted octanol–water partition coefficient (Wildman–Crippen LogP) is 4.59. The number of ether oxygens (including phenoxy) is 1. The zero-order valence-electron chi connectivity index (χ0n) is 16.6. The summed E-state index contributed by atoms with van der Waals surface area (Å²) in [4.78, 5) is 41.5. The fourth-order valence-electron chi connectivity index (χ4n) is 2.92. The number of hydrogen-bond acceptors (Lipinski definition) is 5. The van der Waals surface area contributed by atoms with Gasteiger partial charge in [-0.05, 0) is 30.5 Å². The number of methoxy groups -OCH3 is 1. The standard InChI is InChI=1S/C20H25ClN4O4/c1-12(2)5-4-6-13(10-26)19-24-17(18(21)25-19)15-8-7-14(23-20(28)29-3)9-16(15)22-11-27/h7-13H,4-6H2,1-3H3,(H,22,27)(H,23,28)(H,24,25). The minimum Gasteiger partial charge on any atom is -0.453 e. The van der Waals surface area contributed by atoms with Gasteiger partial charge in [0.25, 0.3) is 0 Å². The Morgan fingerprint density at radius 3 is 2.69 bits per heavy atom. The van der Waals surface area contributed by atoms with Gasteiger partial charge in [0.15, 0.2) is 0 Å². The zero-order valence-corrected chi connectivity index (χ0v) is 17.4. The molecular weight excluding hydrogens is 396 g/mol. The number of nitrogens with one attached hydrogen (secondary N) is 3. The number of halogens is 1. The molecule has 8 nitrogen and oxygen atoms in total. The van der Waals surface area contributed by atoms with E-state index in [1.54, 1.807) is 18.2 Å². The SMILES string of the molecule is COC(=O)Nc1ccc(-c2nc(C(C=O)CCCC(C)C)[nH]c2Cl)c(NC=O)c1. The van der Waals surface area contributed by atoms with Crippen LogP contribution in [0.15, 0.2) is 18.2 Å². The molecule has 0 aliphatic rings. The van der Waals surface area contributed by atoms with Crippen LogP contribution in [0.5, 0.6) is 0 Å². The number of imidazole rings is 1. The summed E-state index contributed by atoms with van der Waals surface area (Å²) in [7, 11) is 1.25. The summed E-state index contributed by atoms with van der Waals surface area (Å²) in [6.45, 7) is 4.27. The van der Waals surface area contributed by atoms with Gasteiger partial charge in [-0.1, -0.05) is 38.3 Å². The van der Waals surface area contributed by atoms with Gasteiger partial charge in [0, 0.05) is 11.3 Å². The van der Waals surface area contributed by atoms with E-state index in [9.17, 15) is 14.4 Å². The third kappa shape index (κ3) is 6.05. The number of carbonyl (C=O) groups excluding carboxylic acids is 3. The number of carbonyl (C=O) groups is 3. The lowest BCUT2D eigenvalue weighted by molar-refractivity contribution is -0.109. The number of H-pyrrole nitrogens is 1. The van der Waals surface area contributed by atoms with Gasteiger partial charge in [-0.25, -0.2) is 9.78 Å². The molecule has 156 valence electrons. The highest BCUT2D eigenvalue weighted by molar-refractivity contribution is 6.32. The van der Waals surface area contributed by atoms with E-state index < -0.39 is 6.09 Å². The Morgan fingerprint density at radius 2 is 2.07 bits per heavy atom. The molecule has 1 atom stereocenters. The topological polar surface area (TPSA) is 113 Å². The van der Waals surface area contributed by atoms with Gasteiger partial charge in [-0.3, -0.25) is 10.1 Å². The lowest BCUT2D eigenvalue weighted by Gasteiger charge is -2.10. The minimum atomic E-state index is -0.634. The molecule has 9 heteroatoms. The van der Waals surface area contributed by atoms with Crippen LogP contribution in [-0.2, 0) is 14.3 Å². The van der Waals surface area contributed by atoms with Crippen LogP contribution in [0, 0.1) is 5.92 Å². The van der Waals surface area contributed by atoms with Crippen LogP contribution in [0.4, 0.5) is 16.2 Å². The fraction of sp³-hybridized carbons (Fsp3) is 0.400. The molecule has 1 aromatic carbocycles. The average Bonchev–Trinajstić information content (AvgIpc) is 3.06. The zero-order chi connectivity index (χ0) is 21.4. The Morgan fingerprint density at radius 1 is 1.31 bits per heavy atom. The Bertz CT molecular complexity index is 866. The molecule has 0 aliphatic heterocycles. The first-order valence-electron chi connectivity index (χ1n) is 9.29. The monoisotopic (exact) mass is 420 g/mol. The largest absolute Gasteiger partial charge is 0.453 e. The Labute approximate surface area is 174 Å². The molecule has 2 amide bonds. The van der Waals surface area contributed by atoms with Crippen LogP contribution in [-0.4, -0.2) is 35.9 Å². The molecule has 0 radical (unpaired) electrons. The van der Waals surface area contributed by atoms with E-state index in [-0.39, 0.29) is 11.1 Å². The third-order valence-electron chi connectivity index (χ3n) is 4.41. The highest BCUT2D eigenvalue weighted by Crippen LogP contribution is 2.35. The number of nitrogens with zero attached hydrogens (tertiary/aromatic N) is 1. The van der Waals surface area contributed by atoms with Crippen molar-refractivity contribution in [1.29, 1.82) is 0 Å². The van der Waals surface area contributed by atoms with Gasteiger partial charge in [0.2, 0.25) is 6.41 Å². The summed E-state index contributed by atoms with van der Waals surface area (Å²) in [6, 6.07) is 4.86. The van der Waals surface area contributed by atoms with Crippen LogP contribution >= 0.6 is 11.6 Å². The lowest BCUT2D eigenvalue weighted by Crippen LogP contribution is -2.11. The summed E-state index contributed by atoms with van der Waals surface area (Å²) in [5, 5.41) is 5.36. The first-order valence-corrected chi connectivity index (χ1v) is 9.67. The van der Waals surface area contributed by atoms with Crippen molar-refractivity contribution in [3.8, 4) is 11.3 Å². The molecule has 0 aliphatic carbocycles. The van der Waals surface area contributed by atoms with E-state index >= 15 is 0 Å².